The summed E-state index contributed by atoms with van der Waals surface area (Å²) in [6, 6.07) is 3.29. The fourth-order valence-electron chi connectivity index (χ4n) is 1.77. The summed E-state index contributed by atoms with van der Waals surface area (Å²) in [7, 11) is 0. The van der Waals surface area contributed by atoms with E-state index in [1.807, 2.05) is 0 Å². The predicted molar refractivity (Wildman–Crippen MR) is 49.3 cm³/mol. The quantitative estimate of drug-likeness (QED) is 0.703. The van der Waals surface area contributed by atoms with Gasteiger partial charge in [-0.3, -0.25) is 0 Å². The molecule has 0 N–H and O–H groups in total. The predicted octanol–water partition coefficient (Wildman–Crippen LogP) is 2.38. The molecule has 1 fully saturated rings. The van der Waals surface area contributed by atoms with Crippen LogP contribution in [0.1, 0.15) is 24.5 Å². The van der Waals surface area contributed by atoms with Gasteiger partial charge in [0.15, 0.2) is 0 Å². The molecular formula is C11H10F2O2. The van der Waals surface area contributed by atoms with Gasteiger partial charge in [0.1, 0.15) is 24.0 Å². The molecule has 0 radical (unpaired) electrons. The second kappa shape index (κ2) is 4.06. The van der Waals surface area contributed by atoms with Crippen molar-refractivity contribution < 1.29 is 18.3 Å². The van der Waals surface area contributed by atoms with E-state index in [1.54, 1.807) is 0 Å². The second-order valence-corrected chi connectivity index (χ2v) is 3.58. The number of aldehydes is 1. The smallest absolute Gasteiger partial charge is 0.148 e. The highest BCUT2D eigenvalue weighted by Crippen LogP contribution is 2.32. The van der Waals surface area contributed by atoms with E-state index in [0.29, 0.717) is 18.4 Å². The largest absolute Gasteiger partial charge is 0.363 e. The van der Waals surface area contributed by atoms with Gasteiger partial charge in [-0.05, 0) is 30.5 Å². The van der Waals surface area contributed by atoms with Crippen molar-refractivity contribution in [3.8, 4) is 0 Å². The van der Waals surface area contributed by atoms with E-state index in [9.17, 15) is 13.6 Å². The molecule has 0 spiro atoms. The number of rotatable bonds is 2. The van der Waals surface area contributed by atoms with Crippen LogP contribution in [0.15, 0.2) is 18.2 Å². The number of hydrogen-bond donors (Lipinski definition) is 0. The summed E-state index contributed by atoms with van der Waals surface area (Å²) in [4.78, 5) is 10.4. The molecule has 1 aromatic carbocycles. The lowest BCUT2D eigenvalue weighted by Crippen LogP contribution is -2.07. The molecule has 2 unspecified atom stereocenters. The summed E-state index contributed by atoms with van der Waals surface area (Å²) in [6.07, 6.45) is 1.13. The summed E-state index contributed by atoms with van der Waals surface area (Å²) in [5.74, 6) is -1.24. The molecule has 2 nitrogen and oxygen atoms in total. The number of ether oxygens (including phenoxy) is 1. The number of carbonyl (C=O) groups excluding carboxylic acids is 1. The molecule has 1 aliphatic rings. The van der Waals surface area contributed by atoms with Crippen molar-refractivity contribution in [1.29, 1.82) is 0 Å². The van der Waals surface area contributed by atoms with Crippen molar-refractivity contribution in [2.75, 3.05) is 0 Å². The lowest BCUT2D eigenvalue weighted by molar-refractivity contribution is -0.117. The average molecular weight is 212 g/mol. The lowest BCUT2D eigenvalue weighted by Gasteiger charge is -2.10. The maximum absolute atomic E-state index is 12.9. The van der Waals surface area contributed by atoms with Gasteiger partial charge < -0.3 is 9.53 Å². The lowest BCUT2D eigenvalue weighted by atomic mass is 10.1. The Hall–Kier alpha value is -1.29. The second-order valence-electron chi connectivity index (χ2n) is 3.58. The van der Waals surface area contributed by atoms with Crippen molar-refractivity contribution in [3.63, 3.8) is 0 Å². The van der Waals surface area contributed by atoms with Gasteiger partial charge in [0, 0.05) is 6.07 Å². The van der Waals surface area contributed by atoms with Crippen LogP contribution in [0.3, 0.4) is 0 Å². The number of halogens is 2. The maximum atomic E-state index is 12.9. The van der Waals surface area contributed by atoms with E-state index in [1.165, 1.54) is 12.1 Å². The molecule has 80 valence electrons. The molecule has 0 aliphatic carbocycles. The van der Waals surface area contributed by atoms with Gasteiger partial charge in [-0.25, -0.2) is 8.78 Å². The van der Waals surface area contributed by atoms with E-state index in [2.05, 4.69) is 0 Å². The highest BCUT2D eigenvalue weighted by Gasteiger charge is 2.26. The molecular weight excluding hydrogens is 202 g/mol. The monoisotopic (exact) mass is 212 g/mol. The van der Waals surface area contributed by atoms with Crippen molar-refractivity contribution in [1.82, 2.24) is 0 Å². The number of benzene rings is 1. The van der Waals surface area contributed by atoms with Crippen LogP contribution >= 0.6 is 0 Å². The van der Waals surface area contributed by atoms with Crippen LogP contribution in [0.25, 0.3) is 0 Å². The van der Waals surface area contributed by atoms with E-state index in [-0.39, 0.29) is 6.10 Å². The highest BCUT2D eigenvalue weighted by molar-refractivity contribution is 5.56. The molecule has 15 heavy (non-hydrogen) atoms. The van der Waals surface area contributed by atoms with Crippen LogP contribution in [0.5, 0.6) is 0 Å². The Labute approximate surface area is 85.9 Å². The SMILES string of the molecule is O=CC1CCC(c2cc(F)cc(F)c2)O1. The molecule has 2 atom stereocenters. The zero-order chi connectivity index (χ0) is 10.8. The third-order valence-electron chi connectivity index (χ3n) is 2.46. The molecule has 0 aromatic heterocycles. The summed E-state index contributed by atoms with van der Waals surface area (Å²) in [6.45, 7) is 0. The average Bonchev–Trinajstić information content (AvgIpc) is 2.64. The zero-order valence-corrected chi connectivity index (χ0v) is 7.95. The number of carbonyl (C=O) groups is 1. The first-order valence-corrected chi connectivity index (χ1v) is 4.76. The van der Waals surface area contributed by atoms with Crippen LogP contribution in [0.4, 0.5) is 8.78 Å². The molecule has 1 heterocycles. The summed E-state index contributed by atoms with van der Waals surface area (Å²) >= 11 is 0. The third-order valence-corrected chi connectivity index (χ3v) is 2.46. The molecule has 0 amide bonds. The Morgan fingerprint density at radius 2 is 1.87 bits per heavy atom. The van der Waals surface area contributed by atoms with Crippen LogP contribution in [0, 0.1) is 11.6 Å². The standard InChI is InChI=1S/C11H10F2O2/c12-8-3-7(4-9(13)5-8)11-2-1-10(6-14)15-11/h3-6,10-11H,1-2H2. The van der Waals surface area contributed by atoms with Crippen LogP contribution < -0.4 is 0 Å². The molecule has 1 aliphatic heterocycles. The first kappa shape index (κ1) is 10.2. The van der Waals surface area contributed by atoms with E-state index < -0.39 is 17.7 Å². The summed E-state index contributed by atoms with van der Waals surface area (Å²) in [5, 5.41) is 0. The van der Waals surface area contributed by atoms with Crippen LogP contribution in [-0.2, 0) is 9.53 Å². The van der Waals surface area contributed by atoms with Crippen LogP contribution in [0.2, 0.25) is 0 Å². The van der Waals surface area contributed by atoms with Gasteiger partial charge in [-0.1, -0.05) is 0 Å². The van der Waals surface area contributed by atoms with Gasteiger partial charge in [0.2, 0.25) is 0 Å². The minimum absolute atomic E-state index is 0.370. The Kier molecular flexibility index (Phi) is 2.77. The fraction of sp³-hybridized carbons (Fsp3) is 0.364. The van der Waals surface area contributed by atoms with Crippen LogP contribution in [-0.4, -0.2) is 12.4 Å². The highest BCUT2D eigenvalue weighted by atomic mass is 19.1. The third kappa shape index (κ3) is 2.21. The Balaban J connectivity index is 2.19. The molecule has 4 heteroatoms. The Bertz CT molecular complexity index is 359. The van der Waals surface area contributed by atoms with Crippen molar-refractivity contribution in [2.24, 2.45) is 0 Å². The molecule has 2 rings (SSSR count). The summed E-state index contributed by atoms with van der Waals surface area (Å²) < 4.78 is 31.1. The van der Waals surface area contributed by atoms with Gasteiger partial charge in [0.25, 0.3) is 0 Å². The van der Waals surface area contributed by atoms with Crippen molar-refractivity contribution in [3.05, 3.63) is 35.4 Å². The number of hydrogen-bond acceptors (Lipinski definition) is 2. The molecule has 1 aromatic rings. The minimum Gasteiger partial charge on any atom is -0.363 e. The van der Waals surface area contributed by atoms with E-state index in [0.717, 1.165) is 12.4 Å². The summed E-state index contributed by atoms with van der Waals surface area (Å²) in [5.41, 5.74) is 0.455. The molecule has 0 saturated carbocycles. The Morgan fingerprint density at radius 3 is 2.40 bits per heavy atom. The molecule has 1 saturated heterocycles. The van der Waals surface area contributed by atoms with Crippen molar-refractivity contribution in [2.45, 2.75) is 25.0 Å². The first-order chi connectivity index (χ1) is 7.19. The van der Waals surface area contributed by atoms with Crippen molar-refractivity contribution >= 4 is 6.29 Å². The van der Waals surface area contributed by atoms with Gasteiger partial charge in [-0.15, -0.1) is 0 Å². The van der Waals surface area contributed by atoms with E-state index in [4.69, 9.17) is 4.74 Å². The zero-order valence-electron chi connectivity index (χ0n) is 7.95. The topological polar surface area (TPSA) is 26.3 Å². The van der Waals surface area contributed by atoms with Gasteiger partial charge in [0.05, 0.1) is 6.10 Å². The normalized spacial score (nSPS) is 25.5. The fourth-order valence-corrected chi connectivity index (χ4v) is 1.77. The maximum Gasteiger partial charge on any atom is 0.148 e. The Morgan fingerprint density at radius 1 is 1.20 bits per heavy atom. The first-order valence-electron chi connectivity index (χ1n) is 4.76. The minimum atomic E-state index is -0.622. The van der Waals surface area contributed by atoms with Gasteiger partial charge in [-0.2, -0.15) is 0 Å². The van der Waals surface area contributed by atoms with E-state index >= 15 is 0 Å². The molecule has 0 bridgehead atoms. The van der Waals surface area contributed by atoms with Gasteiger partial charge >= 0.3 is 0 Å².